The summed E-state index contributed by atoms with van der Waals surface area (Å²) in [6, 6.07) is 18.8. The molecule has 43 heavy (non-hydrogen) atoms. The van der Waals surface area contributed by atoms with Gasteiger partial charge in [0.15, 0.2) is 0 Å². The highest BCUT2D eigenvalue weighted by Gasteiger charge is 2.35. The van der Waals surface area contributed by atoms with E-state index in [0.29, 0.717) is 5.75 Å². The smallest absolute Gasteiger partial charge is 0.244 e. The number of hydrogen-bond donors (Lipinski definition) is 1. The maximum Gasteiger partial charge on any atom is 0.244 e. The third kappa shape index (κ3) is 8.25. The third-order valence-electron chi connectivity index (χ3n) is 7.61. The van der Waals surface area contributed by atoms with Crippen LogP contribution in [0.5, 0.6) is 11.5 Å². The van der Waals surface area contributed by atoms with E-state index in [1.165, 1.54) is 37.3 Å². The molecule has 0 unspecified atom stereocenters. The molecule has 11 heteroatoms. The number of sulfonamides is 1. The Morgan fingerprint density at radius 2 is 1.65 bits per heavy atom. The molecule has 4 rings (SSSR count). The van der Waals surface area contributed by atoms with Gasteiger partial charge in [-0.25, -0.2) is 12.8 Å². The van der Waals surface area contributed by atoms with Crippen LogP contribution in [-0.2, 0) is 32.6 Å². The summed E-state index contributed by atoms with van der Waals surface area (Å²) in [5.74, 6) is -0.958. The minimum absolute atomic E-state index is 0.0211. The zero-order chi connectivity index (χ0) is 31.0. The summed E-state index contributed by atoms with van der Waals surface area (Å²) in [5.41, 5.74) is 1.13. The summed E-state index contributed by atoms with van der Waals surface area (Å²) in [6.07, 6.45) is 4.82. The Kier molecular flexibility index (Phi) is 10.6. The Labute approximate surface area is 252 Å². The van der Waals surface area contributed by atoms with E-state index >= 15 is 0 Å². The van der Waals surface area contributed by atoms with E-state index in [1.54, 1.807) is 24.3 Å². The molecule has 1 fully saturated rings. The molecule has 1 aliphatic carbocycles. The van der Waals surface area contributed by atoms with Crippen LogP contribution in [0, 0.1) is 5.82 Å². The number of nitrogens with zero attached hydrogens (tertiary/aromatic N) is 2. The van der Waals surface area contributed by atoms with Gasteiger partial charge >= 0.3 is 0 Å². The molecule has 3 aromatic rings. The minimum Gasteiger partial charge on any atom is -0.497 e. The van der Waals surface area contributed by atoms with E-state index in [2.05, 4.69) is 5.32 Å². The van der Waals surface area contributed by atoms with Crippen molar-refractivity contribution in [3.63, 3.8) is 0 Å². The zero-order valence-corrected chi connectivity index (χ0v) is 25.5. The maximum atomic E-state index is 14.9. The molecule has 3 aromatic carbocycles. The van der Waals surface area contributed by atoms with E-state index in [9.17, 15) is 22.4 Å². The lowest BCUT2D eigenvalue weighted by molar-refractivity contribution is -0.140. The SMILES string of the molecule is COc1ccc(N(CC(=O)N(Cc2ccccc2F)[C@H](Cc2ccccc2)C(=O)NC2CCCC2)S(C)(=O)=O)c(OC)c1. The van der Waals surface area contributed by atoms with Crippen molar-refractivity contribution in [1.29, 1.82) is 0 Å². The van der Waals surface area contributed by atoms with Crippen LogP contribution in [0.4, 0.5) is 10.1 Å². The van der Waals surface area contributed by atoms with Gasteiger partial charge in [-0.2, -0.15) is 0 Å². The number of methoxy groups -OCH3 is 2. The van der Waals surface area contributed by atoms with Gasteiger partial charge in [0.1, 0.15) is 29.9 Å². The number of nitrogens with one attached hydrogen (secondary N) is 1. The second-order valence-corrected chi connectivity index (χ2v) is 12.5. The number of rotatable bonds is 13. The molecule has 0 aromatic heterocycles. The van der Waals surface area contributed by atoms with Crippen LogP contribution in [0.25, 0.3) is 0 Å². The largest absolute Gasteiger partial charge is 0.497 e. The zero-order valence-electron chi connectivity index (χ0n) is 24.7. The van der Waals surface area contributed by atoms with Gasteiger partial charge in [-0.1, -0.05) is 61.4 Å². The molecule has 0 heterocycles. The fraction of sp³-hybridized carbons (Fsp3) is 0.375. The average molecular weight is 612 g/mol. The fourth-order valence-electron chi connectivity index (χ4n) is 5.32. The molecule has 9 nitrogen and oxygen atoms in total. The van der Waals surface area contributed by atoms with Crippen LogP contribution in [0.3, 0.4) is 0 Å². The van der Waals surface area contributed by atoms with Crippen molar-refractivity contribution < 1.29 is 31.9 Å². The molecular weight excluding hydrogens is 573 g/mol. The van der Waals surface area contributed by atoms with Gasteiger partial charge in [0.25, 0.3) is 0 Å². The lowest BCUT2D eigenvalue weighted by atomic mass is 10.0. The summed E-state index contributed by atoms with van der Waals surface area (Å²) in [7, 11) is -1.16. The second-order valence-electron chi connectivity index (χ2n) is 10.6. The van der Waals surface area contributed by atoms with E-state index in [0.717, 1.165) is 41.8 Å². The van der Waals surface area contributed by atoms with Crippen molar-refractivity contribution in [1.82, 2.24) is 10.2 Å². The van der Waals surface area contributed by atoms with Crippen LogP contribution in [0.15, 0.2) is 72.8 Å². The highest BCUT2D eigenvalue weighted by Crippen LogP contribution is 2.34. The number of hydrogen-bond acceptors (Lipinski definition) is 6. The van der Waals surface area contributed by atoms with Gasteiger partial charge in [-0.05, 0) is 36.6 Å². The molecule has 0 spiro atoms. The molecule has 1 N–H and O–H groups in total. The third-order valence-corrected chi connectivity index (χ3v) is 8.73. The van der Waals surface area contributed by atoms with Gasteiger partial charge in [0.05, 0.1) is 26.2 Å². The summed E-state index contributed by atoms with van der Waals surface area (Å²) in [6.45, 7) is -0.879. The van der Waals surface area contributed by atoms with Gasteiger partial charge in [-0.3, -0.25) is 13.9 Å². The Balaban J connectivity index is 1.76. The molecular formula is C32H38FN3O6S. The average Bonchev–Trinajstić information content (AvgIpc) is 3.51. The normalized spacial score (nSPS) is 14.1. The lowest BCUT2D eigenvalue weighted by Crippen LogP contribution is -2.54. The van der Waals surface area contributed by atoms with E-state index < -0.39 is 34.3 Å². The van der Waals surface area contributed by atoms with E-state index in [1.807, 2.05) is 30.3 Å². The predicted octanol–water partition coefficient (Wildman–Crippen LogP) is 4.31. The highest BCUT2D eigenvalue weighted by molar-refractivity contribution is 7.92. The molecule has 0 radical (unpaired) electrons. The Morgan fingerprint density at radius 3 is 2.28 bits per heavy atom. The van der Waals surface area contributed by atoms with Crippen LogP contribution in [0.1, 0.15) is 36.8 Å². The Hall–Kier alpha value is -4.12. The first-order valence-corrected chi connectivity index (χ1v) is 16.0. The van der Waals surface area contributed by atoms with E-state index in [4.69, 9.17) is 9.47 Å². The van der Waals surface area contributed by atoms with Gasteiger partial charge < -0.3 is 19.7 Å². The number of ether oxygens (including phenoxy) is 2. The van der Waals surface area contributed by atoms with Gasteiger partial charge in [0, 0.05) is 30.6 Å². The maximum absolute atomic E-state index is 14.9. The van der Waals surface area contributed by atoms with Crippen LogP contribution in [0.2, 0.25) is 0 Å². The molecule has 1 aliphatic rings. The quantitative estimate of drug-likeness (QED) is 0.309. The summed E-state index contributed by atoms with van der Waals surface area (Å²) < 4.78 is 52.7. The summed E-state index contributed by atoms with van der Waals surface area (Å²) >= 11 is 0. The molecule has 230 valence electrons. The van der Waals surface area contributed by atoms with Crippen LogP contribution < -0.4 is 19.1 Å². The summed E-state index contributed by atoms with van der Waals surface area (Å²) in [4.78, 5) is 29.4. The van der Waals surface area contributed by atoms with Crippen molar-refractivity contribution in [3.05, 3.63) is 89.7 Å². The van der Waals surface area contributed by atoms with Gasteiger partial charge in [0.2, 0.25) is 21.8 Å². The number of amides is 2. The molecule has 0 aliphatic heterocycles. The van der Waals surface area contributed by atoms with Gasteiger partial charge in [-0.15, -0.1) is 0 Å². The minimum atomic E-state index is -4.01. The second kappa shape index (κ2) is 14.4. The topological polar surface area (TPSA) is 105 Å². The molecule has 2 amide bonds. The lowest BCUT2D eigenvalue weighted by Gasteiger charge is -2.34. The standard InChI is InChI=1S/C32H38FN3O6S/c1-41-26-17-18-28(30(20-26)42-2)36(43(3,39)40)22-31(37)35(21-24-13-7-10-16-27(24)33)29(19-23-11-5-4-6-12-23)32(38)34-25-14-8-9-15-25/h4-7,10-13,16-18,20,25,29H,8-9,14-15,19,21-22H2,1-3H3,(H,34,38)/t29-/m1/s1. The van der Waals surface area contributed by atoms with Crippen LogP contribution >= 0.6 is 0 Å². The molecule has 0 saturated heterocycles. The predicted molar refractivity (Wildman–Crippen MR) is 163 cm³/mol. The van der Waals surface area contributed by atoms with Crippen molar-refractivity contribution in [3.8, 4) is 11.5 Å². The van der Waals surface area contributed by atoms with E-state index in [-0.39, 0.29) is 41.9 Å². The molecule has 1 saturated carbocycles. The van der Waals surface area contributed by atoms with Crippen molar-refractivity contribution in [2.24, 2.45) is 0 Å². The molecule has 1 atom stereocenters. The Morgan fingerprint density at radius 1 is 0.977 bits per heavy atom. The number of benzene rings is 3. The monoisotopic (exact) mass is 611 g/mol. The first kappa shape index (κ1) is 31.8. The number of halogens is 1. The number of anilines is 1. The van der Waals surface area contributed by atoms with Crippen molar-refractivity contribution >= 4 is 27.5 Å². The fourth-order valence-corrected chi connectivity index (χ4v) is 6.17. The Bertz CT molecular complexity index is 1510. The van der Waals surface area contributed by atoms with Crippen LogP contribution in [-0.4, -0.2) is 64.2 Å². The molecule has 0 bridgehead atoms. The van der Waals surface area contributed by atoms with Crippen molar-refractivity contribution in [2.75, 3.05) is 31.3 Å². The highest BCUT2D eigenvalue weighted by atomic mass is 32.2. The number of carbonyl (C=O) groups excluding carboxylic acids is 2. The van der Waals surface area contributed by atoms with Crippen molar-refractivity contribution in [2.45, 2.75) is 50.7 Å². The first-order valence-electron chi connectivity index (χ1n) is 14.2. The number of carbonyl (C=O) groups is 2. The first-order chi connectivity index (χ1) is 20.6. The summed E-state index contributed by atoms with van der Waals surface area (Å²) in [5, 5.41) is 3.09.